The minimum Gasteiger partial charge on any atom is -0.388 e. The van der Waals surface area contributed by atoms with Crippen LogP contribution in [0.1, 0.15) is 57.1 Å². The van der Waals surface area contributed by atoms with Crippen LogP contribution < -0.4 is 0 Å². The zero-order valence-electron chi connectivity index (χ0n) is 11.2. The van der Waals surface area contributed by atoms with Crippen LogP contribution in [0.15, 0.2) is 12.4 Å². The van der Waals surface area contributed by atoms with Gasteiger partial charge in [-0.05, 0) is 38.5 Å². The summed E-state index contributed by atoms with van der Waals surface area (Å²) >= 11 is 0. The van der Waals surface area contributed by atoms with E-state index in [1.54, 1.807) is 6.20 Å². The van der Waals surface area contributed by atoms with Gasteiger partial charge >= 0.3 is 0 Å². The zero-order chi connectivity index (χ0) is 12.8. The van der Waals surface area contributed by atoms with Crippen LogP contribution in [0.2, 0.25) is 0 Å². The molecule has 1 saturated heterocycles. The van der Waals surface area contributed by atoms with Crippen molar-refractivity contribution in [1.82, 2.24) is 9.78 Å². The lowest BCUT2D eigenvalue weighted by molar-refractivity contribution is 0.0944. The van der Waals surface area contributed by atoms with E-state index in [2.05, 4.69) is 12.0 Å². The van der Waals surface area contributed by atoms with Gasteiger partial charge in [-0.3, -0.25) is 4.68 Å². The maximum absolute atomic E-state index is 10.1. The van der Waals surface area contributed by atoms with Crippen molar-refractivity contribution < 1.29 is 9.84 Å². The van der Waals surface area contributed by atoms with E-state index >= 15 is 0 Å². The van der Waals surface area contributed by atoms with Crippen molar-refractivity contribution in [3.05, 3.63) is 18.0 Å². The van der Waals surface area contributed by atoms with Gasteiger partial charge in [-0.25, -0.2) is 0 Å². The molecule has 0 bridgehead atoms. The summed E-state index contributed by atoms with van der Waals surface area (Å²) < 4.78 is 7.48. The maximum Gasteiger partial charge on any atom is 0.0820 e. The van der Waals surface area contributed by atoms with Gasteiger partial charge in [-0.1, -0.05) is 6.92 Å². The monoisotopic (exact) mass is 252 g/mol. The highest BCUT2D eigenvalue weighted by Crippen LogP contribution is 2.22. The first-order chi connectivity index (χ1) is 8.79. The van der Waals surface area contributed by atoms with Gasteiger partial charge in [0.15, 0.2) is 0 Å². The molecular formula is C14H24N2O2. The quantitative estimate of drug-likeness (QED) is 0.811. The van der Waals surface area contributed by atoms with E-state index in [1.165, 1.54) is 12.8 Å². The summed E-state index contributed by atoms with van der Waals surface area (Å²) in [6.45, 7) is 3.96. The Morgan fingerprint density at radius 1 is 1.61 bits per heavy atom. The van der Waals surface area contributed by atoms with Crippen LogP contribution in [0, 0.1) is 0 Å². The number of aliphatic hydroxyl groups excluding tert-OH is 1. The number of nitrogens with zero attached hydrogens (tertiary/aromatic N) is 2. The number of rotatable bonds is 7. The van der Waals surface area contributed by atoms with Gasteiger partial charge in [0.05, 0.1) is 18.4 Å². The molecule has 1 N–H and O–H groups in total. The van der Waals surface area contributed by atoms with E-state index < -0.39 is 0 Å². The summed E-state index contributed by atoms with van der Waals surface area (Å²) in [6.07, 6.45) is 10.1. The topological polar surface area (TPSA) is 47.3 Å². The molecule has 2 rings (SSSR count). The molecular weight excluding hydrogens is 228 g/mol. The van der Waals surface area contributed by atoms with Gasteiger partial charge in [-0.2, -0.15) is 5.10 Å². The van der Waals surface area contributed by atoms with Crippen molar-refractivity contribution in [3.8, 4) is 0 Å². The van der Waals surface area contributed by atoms with Crippen LogP contribution in [-0.4, -0.2) is 27.6 Å². The molecule has 2 unspecified atom stereocenters. The molecule has 18 heavy (non-hydrogen) atoms. The fourth-order valence-electron chi connectivity index (χ4n) is 2.48. The van der Waals surface area contributed by atoms with E-state index in [0.29, 0.717) is 6.10 Å². The van der Waals surface area contributed by atoms with E-state index in [0.717, 1.165) is 44.4 Å². The lowest BCUT2D eigenvalue weighted by Gasteiger charge is -2.11. The molecule has 0 amide bonds. The van der Waals surface area contributed by atoms with Gasteiger partial charge in [0, 0.05) is 24.9 Å². The third-order valence-electron chi connectivity index (χ3n) is 3.52. The van der Waals surface area contributed by atoms with Crippen molar-refractivity contribution in [3.63, 3.8) is 0 Å². The Morgan fingerprint density at radius 3 is 3.22 bits per heavy atom. The molecule has 0 aliphatic carbocycles. The molecule has 0 radical (unpaired) electrons. The largest absolute Gasteiger partial charge is 0.388 e. The van der Waals surface area contributed by atoms with Crippen LogP contribution in [-0.2, 0) is 11.3 Å². The molecule has 1 aliphatic rings. The maximum atomic E-state index is 10.1. The highest BCUT2D eigenvalue weighted by molar-refractivity contribution is 5.07. The van der Waals surface area contributed by atoms with Crippen LogP contribution in [0.3, 0.4) is 0 Å². The Kier molecular flexibility index (Phi) is 5.20. The van der Waals surface area contributed by atoms with Gasteiger partial charge in [0.1, 0.15) is 0 Å². The van der Waals surface area contributed by atoms with Crippen LogP contribution >= 0.6 is 0 Å². The molecule has 0 spiro atoms. The lowest BCUT2D eigenvalue weighted by Crippen LogP contribution is -2.05. The Balaban J connectivity index is 1.70. The summed E-state index contributed by atoms with van der Waals surface area (Å²) in [5, 5.41) is 14.3. The smallest absolute Gasteiger partial charge is 0.0820 e. The Morgan fingerprint density at radius 2 is 2.50 bits per heavy atom. The Labute approximate surface area is 109 Å². The second-order valence-electron chi connectivity index (χ2n) is 5.12. The van der Waals surface area contributed by atoms with E-state index in [-0.39, 0.29) is 6.10 Å². The summed E-state index contributed by atoms with van der Waals surface area (Å²) in [7, 11) is 0. The van der Waals surface area contributed by atoms with Gasteiger partial charge in [0.2, 0.25) is 0 Å². The van der Waals surface area contributed by atoms with Crippen LogP contribution in [0.25, 0.3) is 0 Å². The van der Waals surface area contributed by atoms with Gasteiger partial charge < -0.3 is 9.84 Å². The zero-order valence-corrected chi connectivity index (χ0v) is 11.2. The van der Waals surface area contributed by atoms with E-state index in [1.807, 2.05) is 10.9 Å². The normalized spacial score (nSPS) is 21.3. The molecule has 1 aromatic rings. The van der Waals surface area contributed by atoms with Crippen LogP contribution in [0.5, 0.6) is 0 Å². The third kappa shape index (κ3) is 3.82. The molecule has 2 atom stereocenters. The molecule has 4 nitrogen and oxygen atoms in total. The SMILES string of the molecule is CCCn1cc(C(O)CCCC2CCCO2)cn1. The number of hydrogen-bond acceptors (Lipinski definition) is 3. The first-order valence-corrected chi connectivity index (χ1v) is 7.11. The van der Waals surface area contributed by atoms with Crippen LogP contribution in [0.4, 0.5) is 0 Å². The highest BCUT2D eigenvalue weighted by Gasteiger charge is 2.16. The van der Waals surface area contributed by atoms with Crippen molar-refractivity contribution in [2.75, 3.05) is 6.61 Å². The van der Waals surface area contributed by atoms with Gasteiger partial charge in [-0.15, -0.1) is 0 Å². The minimum absolute atomic E-state index is 0.378. The summed E-state index contributed by atoms with van der Waals surface area (Å²) in [4.78, 5) is 0. The molecule has 102 valence electrons. The predicted molar refractivity (Wildman–Crippen MR) is 70.3 cm³/mol. The molecule has 0 aromatic carbocycles. The number of hydrogen-bond donors (Lipinski definition) is 1. The Bertz CT molecular complexity index is 345. The van der Waals surface area contributed by atoms with E-state index in [4.69, 9.17) is 4.74 Å². The van der Waals surface area contributed by atoms with Crippen molar-refractivity contribution in [1.29, 1.82) is 0 Å². The molecule has 1 aliphatic heterocycles. The predicted octanol–water partition coefficient (Wildman–Crippen LogP) is 2.68. The number of aryl methyl sites for hydroxylation is 1. The lowest BCUT2D eigenvalue weighted by atomic mass is 10.0. The molecule has 1 aromatic heterocycles. The minimum atomic E-state index is -0.378. The molecule has 0 saturated carbocycles. The fourth-order valence-corrected chi connectivity index (χ4v) is 2.48. The first kappa shape index (κ1) is 13.6. The standard InChI is InChI=1S/C14H24N2O2/c1-2-8-16-11-12(10-15-16)14(17)7-3-5-13-6-4-9-18-13/h10-11,13-14,17H,2-9H2,1H3. The number of aromatic nitrogens is 2. The fraction of sp³-hybridized carbons (Fsp3) is 0.786. The van der Waals surface area contributed by atoms with Gasteiger partial charge in [0.25, 0.3) is 0 Å². The van der Waals surface area contributed by atoms with Crippen molar-refractivity contribution >= 4 is 0 Å². The summed E-state index contributed by atoms with van der Waals surface area (Å²) in [5.41, 5.74) is 0.941. The Hall–Kier alpha value is -0.870. The average Bonchev–Trinajstić information content (AvgIpc) is 3.00. The summed E-state index contributed by atoms with van der Waals surface area (Å²) in [6, 6.07) is 0. The number of aliphatic hydroxyl groups is 1. The van der Waals surface area contributed by atoms with Crippen molar-refractivity contribution in [2.24, 2.45) is 0 Å². The van der Waals surface area contributed by atoms with Crippen molar-refractivity contribution in [2.45, 2.75) is 64.2 Å². The average molecular weight is 252 g/mol. The number of ether oxygens (including phenoxy) is 1. The second-order valence-corrected chi connectivity index (χ2v) is 5.12. The highest BCUT2D eigenvalue weighted by atomic mass is 16.5. The molecule has 1 fully saturated rings. The second kappa shape index (κ2) is 6.90. The summed E-state index contributed by atoms with van der Waals surface area (Å²) in [5.74, 6) is 0. The van der Waals surface area contributed by atoms with E-state index in [9.17, 15) is 5.11 Å². The third-order valence-corrected chi connectivity index (χ3v) is 3.52. The molecule has 4 heteroatoms. The first-order valence-electron chi connectivity index (χ1n) is 7.11. The molecule has 2 heterocycles.